The molecule has 4 aromatic rings. The molecule has 0 radical (unpaired) electrons. The quantitative estimate of drug-likeness (QED) is 0.533. The highest BCUT2D eigenvalue weighted by Crippen LogP contribution is 2.42. The van der Waals surface area contributed by atoms with Crippen LogP contribution in [0.5, 0.6) is 5.75 Å². The molecule has 144 valence electrons. The molecule has 8 heteroatoms. The van der Waals surface area contributed by atoms with Gasteiger partial charge in [0.25, 0.3) is 0 Å². The number of aliphatic imine (C=N–C) groups is 1. The molecule has 3 heterocycles. The van der Waals surface area contributed by atoms with Gasteiger partial charge in [-0.3, -0.25) is 14.5 Å². The molecule has 2 aromatic carbocycles. The van der Waals surface area contributed by atoms with E-state index in [-0.39, 0.29) is 45.1 Å². The number of benzene rings is 2. The fourth-order valence-corrected chi connectivity index (χ4v) is 4.26. The van der Waals surface area contributed by atoms with Gasteiger partial charge in [-0.25, -0.2) is 4.99 Å². The normalized spacial score (nSPS) is 15.8. The van der Waals surface area contributed by atoms with E-state index in [1.807, 2.05) is 30.3 Å². The van der Waals surface area contributed by atoms with Gasteiger partial charge < -0.3 is 13.9 Å². The van der Waals surface area contributed by atoms with E-state index in [1.165, 1.54) is 29.0 Å². The van der Waals surface area contributed by atoms with Crippen molar-refractivity contribution < 1.29 is 18.7 Å². The van der Waals surface area contributed by atoms with Crippen molar-refractivity contribution in [2.45, 2.75) is 6.92 Å². The summed E-state index contributed by atoms with van der Waals surface area (Å²) in [5, 5.41) is 11.4. The Morgan fingerprint density at radius 3 is 2.72 bits per heavy atom. The van der Waals surface area contributed by atoms with E-state index >= 15 is 0 Å². The van der Waals surface area contributed by atoms with Crippen LogP contribution in [0.3, 0.4) is 0 Å². The van der Waals surface area contributed by atoms with Crippen LogP contribution >= 0.6 is 11.8 Å². The fourth-order valence-electron chi connectivity index (χ4n) is 3.39. The number of furan rings is 1. The molecule has 0 aliphatic carbocycles. The second-order valence-electron chi connectivity index (χ2n) is 6.53. The molecule has 1 aliphatic rings. The Bertz CT molecular complexity index is 1370. The Labute approximate surface area is 168 Å². The summed E-state index contributed by atoms with van der Waals surface area (Å²) >= 11 is 1.28. The molecule has 7 nitrogen and oxygen atoms in total. The number of thioether (sulfide) groups is 1. The van der Waals surface area contributed by atoms with Crippen molar-refractivity contribution in [1.82, 2.24) is 0 Å². The number of carbonyl (C=O) groups is 1. The highest BCUT2D eigenvalue weighted by atomic mass is 32.2. The van der Waals surface area contributed by atoms with E-state index in [0.717, 1.165) is 0 Å². The molecule has 1 N–H and O–H groups in total. The number of hydrogen-bond acceptors (Lipinski definition) is 7. The lowest BCUT2D eigenvalue weighted by atomic mass is 10.1. The third-order valence-electron chi connectivity index (χ3n) is 4.65. The lowest BCUT2D eigenvalue weighted by Crippen LogP contribution is -2.28. The van der Waals surface area contributed by atoms with Gasteiger partial charge in [-0.15, -0.1) is 0 Å². The Kier molecular flexibility index (Phi) is 3.95. The number of nitrogens with zero attached hydrogens (tertiary/aromatic N) is 2. The SMILES string of the molecule is Cc1cc(=O)c2c(O)c3ccoc3c(N=C3SCC(=O)N3c3ccccc3)c2o1. The number of rotatable bonds is 2. The molecule has 1 saturated heterocycles. The first-order chi connectivity index (χ1) is 14.0. The first-order valence-electron chi connectivity index (χ1n) is 8.80. The van der Waals surface area contributed by atoms with E-state index in [9.17, 15) is 14.7 Å². The van der Waals surface area contributed by atoms with Crippen molar-refractivity contribution in [3.8, 4) is 5.75 Å². The summed E-state index contributed by atoms with van der Waals surface area (Å²) in [5.41, 5.74) is 0.981. The van der Waals surface area contributed by atoms with Crippen LogP contribution in [0.15, 0.2) is 67.3 Å². The smallest absolute Gasteiger partial charge is 0.243 e. The molecular formula is C21H14N2O5S. The molecular weight excluding hydrogens is 392 g/mol. The van der Waals surface area contributed by atoms with Crippen molar-refractivity contribution in [1.29, 1.82) is 0 Å². The monoisotopic (exact) mass is 406 g/mol. The highest BCUT2D eigenvalue weighted by Gasteiger charge is 2.31. The average molecular weight is 406 g/mol. The molecule has 1 fully saturated rings. The number of anilines is 1. The topological polar surface area (TPSA) is 96.2 Å². The van der Waals surface area contributed by atoms with Crippen molar-refractivity contribution in [2.75, 3.05) is 10.7 Å². The van der Waals surface area contributed by atoms with Crippen LogP contribution in [0.1, 0.15) is 5.76 Å². The number of phenols is 1. The number of fused-ring (bicyclic) bond motifs is 2. The molecule has 0 bridgehead atoms. The van der Waals surface area contributed by atoms with Crippen molar-refractivity contribution >= 4 is 56.1 Å². The zero-order chi connectivity index (χ0) is 20.1. The van der Waals surface area contributed by atoms with Crippen molar-refractivity contribution in [3.05, 3.63) is 64.7 Å². The Hall–Kier alpha value is -3.52. The minimum absolute atomic E-state index is 0.0319. The van der Waals surface area contributed by atoms with Crippen molar-refractivity contribution in [2.24, 2.45) is 4.99 Å². The molecule has 0 unspecified atom stereocenters. The van der Waals surface area contributed by atoms with Gasteiger partial charge in [0.2, 0.25) is 5.91 Å². The number of para-hydroxylation sites is 1. The van der Waals surface area contributed by atoms with Gasteiger partial charge in [-0.05, 0) is 25.1 Å². The van der Waals surface area contributed by atoms with Gasteiger partial charge >= 0.3 is 0 Å². The average Bonchev–Trinajstić information content (AvgIpc) is 3.32. The summed E-state index contributed by atoms with van der Waals surface area (Å²) in [4.78, 5) is 31.2. The third-order valence-corrected chi connectivity index (χ3v) is 5.57. The number of carbonyl (C=O) groups excluding carboxylic acids is 1. The van der Waals surface area contributed by atoms with Crippen LogP contribution in [0.25, 0.3) is 21.9 Å². The summed E-state index contributed by atoms with van der Waals surface area (Å²) in [6.07, 6.45) is 1.41. The molecule has 0 saturated carbocycles. The maximum absolute atomic E-state index is 12.5. The molecule has 1 aliphatic heterocycles. The Morgan fingerprint density at radius 2 is 1.93 bits per heavy atom. The van der Waals surface area contributed by atoms with Gasteiger partial charge in [-0.1, -0.05) is 30.0 Å². The number of phenolic OH excluding ortho intramolecular Hbond substituents is 1. The van der Waals surface area contributed by atoms with Gasteiger partial charge in [-0.2, -0.15) is 0 Å². The number of aryl methyl sites for hydroxylation is 1. The van der Waals surface area contributed by atoms with Gasteiger partial charge in [0.1, 0.15) is 16.9 Å². The van der Waals surface area contributed by atoms with Gasteiger partial charge in [0.05, 0.1) is 23.1 Å². The lowest BCUT2D eigenvalue weighted by molar-refractivity contribution is -0.115. The first-order valence-corrected chi connectivity index (χ1v) is 9.79. The molecule has 29 heavy (non-hydrogen) atoms. The standard InChI is InChI=1S/C21H14N2O5S/c1-11-9-14(24)16-18(26)13-7-8-27-19(13)17(20(16)28-11)22-21-23(15(25)10-29-21)12-5-3-2-4-6-12/h2-9,26H,10H2,1H3. The largest absolute Gasteiger partial charge is 0.506 e. The zero-order valence-corrected chi connectivity index (χ0v) is 16.0. The van der Waals surface area contributed by atoms with E-state index in [2.05, 4.69) is 4.99 Å². The molecule has 1 amide bonds. The Balaban J connectivity index is 1.82. The molecule has 2 aromatic heterocycles. The van der Waals surface area contributed by atoms with E-state index in [1.54, 1.807) is 13.0 Å². The van der Waals surface area contributed by atoms with Gasteiger partial charge in [0.15, 0.2) is 27.4 Å². The number of amides is 1. The van der Waals surface area contributed by atoms with Crippen LogP contribution in [-0.2, 0) is 4.79 Å². The maximum Gasteiger partial charge on any atom is 0.243 e. The van der Waals surface area contributed by atoms with E-state index in [0.29, 0.717) is 22.0 Å². The molecule has 0 spiro atoms. The summed E-state index contributed by atoms with van der Waals surface area (Å²) < 4.78 is 11.3. The van der Waals surface area contributed by atoms with Crippen LogP contribution in [-0.4, -0.2) is 21.9 Å². The maximum atomic E-state index is 12.5. The second kappa shape index (κ2) is 6.52. The van der Waals surface area contributed by atoms with E-state index < -0.39 is 0 Å². The second-order valence-corrected chi connectivity index (χ2v) is 7.48. The predicted octanol–water partition coefficient (Wildman–Crippen LogP) is 4.32. The third kappa shape index (κ3) is 2.72. The van der Waals surface area contributed by atoms with Crippen molar-refractivity contribution in [3.63, 3.8) is 0 Å². The highest BCUT2D eigenvalue weighted by molar-refractivity contribution is 8.15. The fraction of sp³-hybridized carbons (Fsp3) is 0.0952. The van der Waals surface area contributed by atoms with Crippen LogP contribution in [0.4, 0.5) is 11.4 Å². The van der Waals surface area contributed by atoms with Crippen LogP contribution < -0.4 is 10.3 Å². The Morgan fingerprint density at radius 1 is 1.14 bits per heavy atom. The molecule has 5 rings (SSSR count). The number of aromatic hydroxyl groups is 1. The summed E-state index contributed by atoms with van der Waals surface area (Å²) in [6, 6.07) is 12.1. The predicted molar refractivity (Wildman–Crippen MR) is 112 cm³/mol. The van der Waals surface area contributed by atoms with Gasteiger partial charge in [0, 0.05) is 6.07 Å². The number of hydrogen-bond donors (Lipinski definition) is 1. The lowest BCUT2D eigenvalue weighted by Gasteiger charge is -2.16. The minimum Gasteiger partial charge on any atom is -0.506 e. The number of amidine groups is 1. The first kappa shape index (κ1) is 17.6. The van der Waals surface area contributed by atoms with Crippen LogP contribution in [0.2, 0.25) is 0 Å². The molecule has 0 atom stereocenters. The summed E-state index contributed by atoms with van der Waals surface area (Å²) in [6.45, 7) is 1.64. The van der Waals surface area contributed by atoms with E-state index in [4.69, 9.17) is 8.83 Å². The minimum atomic E-state index is -0.374. The summed E-state index contributed by atoms with van der Waals surface area (Å²) in [5.74, 6) is 0.311. The summed E-state index contributed by atoms with van der Waals surface area (Å²) in [7, 11) is 0. The van der Waals surface area contributed by atoms with Crippen LogP contribution in [0, 0.1) is 6.92 Å². The zero-order valence-electron chi connectivity index (χ0n) is 15.2.